The van der Waals surface area contributed by atoms with E-state index in [1.807, 2.05) is 174 Å². The summed E-state index contributed by atoms with van der Waals surface area (Å²) >= 11 is 18.9. The van der Waals surface area contributed by atoms with Crippen LogP contribution in [0, 0.1) is 34.6 Å². The zero-order chi connectivity index (χ0) is 89.5. The van der Waals surface area contributed by atoms with Gasteiger partial charge in [0.25, 0.3) is 23.6 Å². The lowest BCUT2D eigenvalue weighted by atomic mass is 10.1. The fraction of sp³-hybridized carbons (Fsp3) is 0.340. The van der Waals surface area contributed by atoms with Crippen molar-refractivity contribution in [3.8, 4) is 23.0 Å². The first kappa shape index (κ1) is 96.8. The van der Waals surface area contributed by atoms with Crippen LogP contribution in [-0.2, 0) is 19.2 Å². The number of aliphatic hydroxyl groups excluding tert-OH is 8. The minimum atomic E-state index is -0.970. The number of hydrogen-bond acceptors (Lipinski definition) is 20. The molecule has 12 rings (SSSR count). The van der Waals surface area contributed by atoms with Gasteiger partial charge in [-0.15, -0.1) is 0 Å². The first-order chi connectivity index (χ1) is 59.8. The van der Waals surface area contributed by atoms with Crippen molar-refractivity contribution < 1.29 is 79.0 Å². The van der Waals surface area contributed by atoms with Crippen LogP contribution < -0.4 is 38.5 Å². The third-order valence-corrected chi connectivity index (χ3v) is 20.7. The molecule has 8 N–H and O–H groups in total. The van der Waals surface area contributed by atoms with Crippen molar-refractivity contribution in [2.24, 2.45) is 20.0 Å². The van der Waals surface area contributed by atoms with E-state index in [0.29, 0.717) is 112 Å². The number of nitrogens with zero attached hydrogens (tertiary/aromatic N) is 8. The number of para-hydroxylation sites is 4. The summed E-state index contributed by atoms with van der Waals surface area (Å²) in [6.45, 7) is 19.1. The summed E-state index contributed by atoms with van der Waals surface area (Å²) in [6.07, 6.45) is 9.02. The number of benzene rings is 8. The third-order valence-electron chi connectivity index (χ3n) is 19.8. The van der Waals surface area contributed by atoms with Crippen LogP contribution in [0.15, 0.2) is 212 Å². The van der Waals surface area contributed by atoms with Crippen molar-refractivity contribution in [3.05, 3.63) is 257 Å². The number of anilines is 4. The van der Waals surface area contributed by atoms with Gasteiger partial charge in [-0.05, 0) is 207 Å². The van der Waals surface area contributed by atoms with Crippen LogP contribution in [0.5, 0.6) is 23.0 Å². The summed E-state index contributed by atoms with van der Waals surface area (Å²) in [6, 6.07) is 52.4. The Morgan fingerprint density at radius 3 is 0.750 bits per heavy atom. The van der Waals surface area contributed by atoms with Gasteiger partial charge in [0.15, 0.2) is 0 Å². The molecule has 27 heteroatoms. The Balaban J connectivity index is 0.000000187. The van der Waals surface area contributed by atoms with Gasteiger partial charge in [0, 0.05) is 74.2 Å². The highest BCUT2D eigenvalue weighted by atomic mass is 35.5. The zero-order valence-corrected chi connectivity index (χ0v) is 73.7. The van der Waals surface area contributed by atoms with Crippen LogP contribution in [0.25, 0.3) is 24.3 Å². The summed E-state index contributed by atoms with van der Waals surface area (Å²) in [7, 11) is 0. The number of hydrogen-bond donors (Lipinski definition) is 8. The van der Waals surface area contributed by atoms with E-state index in [1.54, 1.807) is 74.2 Å². The van der Waals surface area contributed by atoms with Gasteiger partial charge in [0.05, 0.1) is 64.2 Å². The van der Waals surface area contributed by atoms with E-state index in [9.17, 15) is 39.6 Å². The molecule has 4 fully saturated rings. The molecule has 656 valence electrons. The first-order valence-electron chi connectivity index (χ1n) is 41.5. The number of aryl methyl sites for hydroxylation is 5. The van der Waals surface area contributed by atoms with Gasteiger partial charge in [0.1, 0.15) is 97.2 Å². The number of amides is 4. The molecule has 4 aliphatic rings. The van der Waals surface area contributed by atoms with Crippen molar-refractivity contribution in [2.75, 3.05) is 98.6 Å². The quantitative estimate of drug-likeness (QED) is 0.0182. The molecular formula is C97H111Cl3N8O16. The fourth-order valence-corrected chi connectivity index (χ4v) is 14.1. The third kappa shape index (κ3) is 26.5. The average molecular weight is 1750 g/mol. The number of carbonyl (C=O) groups excluding carboxylic acids is 4. The molecule has 0 bridgehead atoms. The summed E-state index contributed by atoms with van der Waals surface area (Å²) in [5.74, 6) is 4.55. The SMILES string of the molecule is CCCN=C1C/C(=C/c2ccc(OCC(O)CO)c(C)c2)C(=O)N1c1ccccc1C.CCCN=C1C/C(=C/c2ccc(OCC(O)CO)c(Cl)c2)C(=O)N1c1ccccc1C.CCCN=C1C/C(=C\c2ccc(OCC(O)CO)c(Cl)c2)C(=O)N1c1ccccc1C.CCCN=C1C/C(=C\c2ccc(OCC(O)CO)c(Cl)c2)C(=O)N1c1ccccc1C. The topological polar surface area (TPSA) is 329 Å². The van der Waals surface area contributed by atoms with Gasteiger partial charge in [-0.2, -0.15) is 0 Å². The highest BCUT2D eigenvalue weighted by Gasteiger charge is 2.38. The highest BCUT2D eigenvalue weighted by molar-refractivity contribution is 6.36. The summed E-state index contributed by atoms with van der Waals surface area (Å²) < 4.78 is 21.8. The Labute approximate surface area is 740 Å². The Morgan fingerprint density at radius 2 is 0.540 bits per heavy atom. The van der Waals surface area contributed by atoms with Crippen molar-refractivity contribution in [1.29, 1.82) is 0 Å². The van der Waals surface area contributed by atoms with Gasteiger partial charge < -0.3 is 59.8 Å². The number of aliphatic imine (C=N–C) groups is 4. The fourth-order valence-electron chi connectivity index (χ4n) is 13.4. The number of ether oxygens (including phenoxy) is 4. The minimum absolute atomic E-state index is 0.0267. The first-order valence-corrected chi connectivity index (χ1v) is 42.6. The van der Waals surface area contributed by atoms with E-state index >= 15 is 0 Å². The van der Waals surface area contributed by atoms with E-state index in [0.717, 1.165) is 122 Å². The van der Waals surface area contributed by atoms with Crippen molar-refractivity contribution >= 4 is 129 Å². The minimum Gasteiger partial charge on any atom is -0.491 e. The Morgan fingerprint density at radius 1 is 0.323 bits per heavy atom. The van der Waals surface area contributed by atoms with Gasteiger partial charge in [-0.25, -0.2) is 0 Å². The van der Waals surface area contributed by atoms with Gasteiger partial charge in [0.2, 0.25) is 0 Å². The van der Waals surface area contributed by atoms with Crippen molar-refractivity contribution in [1.82, 2.24) is 0 Å². The molecule has 4 heterocycles. The van der Waals surface area contributed by atoms with Gasteiger partial charge in [-0.1, -0.05) is 160 Å². The molecule has 0 saturated carbocycles. The lowest BCUT2D eigenvalue weighted by Crippen LogP contribution is -2.30. The molecule has 4 amide bonds. The molecule has 4 aliphatic heterocycles. The largest absolute Gasteiger partial charge is 0.491 e. The smallest absolute Gasteiger partial charge is 0.260 e. The van der Waals surface area contributed by atoms with Crippen LogP contribution in [0.4, 0.5) is 22.7 Å². The van der Waals surface area contributed by atoms with Crippen LogP contribution in [0.1, 0.15) is 129 Å². The summed E-state index contributed by atoms with van der Waals surface area (Å²) in [5.41, 5.74) is 14.2. The Bertz CT molecular complexity index is 4650. The molecule has 0 aromatic heterocycles. The standard InChI is InChI=1S/C25H30N2O4.3C24H27ClN2O4/c1-4-11-26-24-14-20(25(30)27(24)22-8-6-5-7-17(22)2)13-19-9-10-23(18(3)12-19)31-16-21(29)15-28;3*1-3-10-26-23-13-18(24(30)27(23)21-7-5-4-6-16(21)2)11-17-8-9-22(20(25)12-17)31-15-19(29)14-28/h5-10,12-13,21,28-29H,4,11,14-16H2,1-3H3;3*4-9,11-12,19,28-29H,3,10,13-15H2,1-2H3/b20-13-,26-24?;2*18-11+,26-23?;18-11-,26-23?. The second-order valence-electron chi connectivity index (χ2n) is 30.0. The molecule has 0 aliphatic carbocycles. The second-order valence-corrected chi connectivity index (χ2v) is 31.2. The predicted octanol–water partition coefficient (Wildman–Crippen LogP) is 15.7. The van der Waals surface area contributed by atoms with Crippen LogP contribution in [0.2, 0.25) is 15.1 Å². The van der Waals surface area contributed by atoms with Gasteiger partial charge >= 0.3 is 0 Å². The molecule has 24 nitrogen and oxygen atoms in total. The van der Waals surface area contributed by atoms with Crippen molar-refractivity contribution in [2.45, 2.75) is 138 Å². The van der Waals surface area contributed by atoms with Crippen LogP contribution in [0.3, 0.4) is 0 Å². The molecule has 4 saturated heterocycles. The number of halogens is 3. The predicted molar refractivity (Wildman–Crippen MR) is 495 cm³/mol. The number of carbonyl (C=O) groups is 4. The van der Waals surface area contributed by atoms with Crippen LogP contribution >= 0.6 is 34.8 Å². The highest BCUT2D eigenvalue weighted by Crippen LogP contribution is 2.38. The number of aliphatic hydroxyl groups is 8. The summed E-state index contributed by atoms with van der Waals surface area (Å²) in [4.78, 5) is 78.6. The maximum absolute atomic E-state index is 13.3. The molecule has 124 heavy (non-hydrogen) atoms. The van der Waals surface area contributed by atoms with E-state index in [4.69, 9.17) is 74.2 Å². The Kier molecular flexibility index (Phi) is 37.8. The van der Waals surface area contributed by atoms with E-state index in [-0.39, 0.29) is 76.5 Å². The lowest BCUT2D eigenvalue weighted by Gasteiger charge is -2.19. The second kappa shape index (κ2) is 48.3. The molecule has 0 spiro atoms. The molecule has 4 unspecified atom stereocenters. The maximum atomic E-state index is 13.3. The zero-order valence-electron chi connectivity index (χ0n) is 71.5. The molecule has 8 aromatic rings. The van der Waals surface area contributed by atoms with E-state index in [2.05, 4.69) is 47.7 Å². The monoisotopic (exact) mass is 1750 g/mol. The van der Waals surface area contributed by atoms with Crippen LogP contribution in [-0.4, -0.2) is 191 Å². The lowest BCUT2D eigenvalue weighted by molar-refractivity contribution is -0.114. The number of amidine groups is 4. The normalized spacial score (nSPS) is 17.6. The van der Waals surface area contributed by atoms with Crippen molar-refractivity contribution in [3.63, 3.8) is 0 Å². The maximum Gasteiger partial charge on any atom is 0.260 e. The molecular weight excluding hydrogens is 1640 g/mol. The Hall–Kier alpha value is -11.0. The number of rotatable bonds is 32. The van der Waals surface area contributed by atoms with E-state index < -0.39 is 24.4 Å². The summed E-state index contributed by atoms with van der Waals surface area (Å²) in [5, 5.41) is 74.4. The van der Waals surface area contributed by atoms with E-state index in [1.165, 1.54) is 0 Å². The molecule has 0 radical (unpaired) electrons. The average Bonchev–Trinajstić information content (AvgIpc) is 1.65. The molecule has 8 aromatic carbocycles. The van der Waals surface area contributed by atoms with Gasteiger partial charge in [-0.3, -0.25) is 58.7 Å². The molecule has 4 atom stereocenters.